The molecule has 0 aliphatic heterocycles. The third-order valence-corrected chi connectivity index (χ3v) is 1.70. The largest absolute Gasteiger partial charge is 0.285 e. The molecule has 0 amide bonds. The first-order valence-electron chi connectivity index (χ1n) is 3.89. The number of aromatic nitrogens is 2. The molecule has 1 heterocycles. The van der Waals surface area contributed by atoms with Crippen molar-refractivity contribution < 1.29 is 4.39 Å². The smallest absolute Gasteiger partial charge is 0.123 e. The number of rotatable bonds is 2. The van der Waals surface area contributed by atoms with Gasteiger partial charge in [-0.2, -0.15) is 4.98 Å². The Morgan fingerprint density at radius 1 is 1.46 bits per heavy atom. The van der Waals surface area contributed by atoms with Crippen LogP contribution in [-0.2, 0) is 6.54 Å². The molecule has 0 unspecified atom stereocenters. The van der Waals surface area contributed by atoms with Crippen molar-refractivity contribution in [2.45, 2.75) is 6.54 Å². The second-order valence-electron chi connectivity index (χ2n) is 2.73. The molecule has 0 fully saturated rings. The fraction of sp³-hybridized carbons (Fsp3) is 0.100. The van der Waals surface area contributed by atoms with Crippen LogP contribution >= 0.6 is 0 Å². The van der Waals surface area contributed by atoms with Gasteiger partial charge in [0.15, 0.2) is 0 Å². The van der Waals surface area contributed by atoms with E-state index in [0.717, 1.165) is 5.56 Å². The lowest BCUT2D eigenvalue weighted by atomic mass is 10.2. The van der Waals surface area contributed by atoms with Crippen molar-refractivity contribution in [1.82, 2.24) is 9.55 Å². The van der Waals surface area contributed by atoms with Crippen LogP contribution in [0.4, 0.5) is 4.39 Å². The summed E-state index contributed by atoms with van der Waals surface area (Å²) in [6.07, 6.45) is 6.92. The van der Waals surface area contributed by atoms with Crippen LogP contribution < -0.4 is 0 Å². The molecule has 0 saturated heterocycles. The van der Waals surface area contributed by atoms with Gasteiger partial charge in [0.1, 0.15) is 12.1 Å². The molecule has 0 spiro atoms. The second kappa shape index (κ2) is 3.28. The van der Waals surface area contributed by atoms with E-state index in [-0.39, 0.29) is 5.82 Å². The summed E-state index contributed by atoms with van der Waals surface area (Å²) >= 11 is 0. The minimum absolute atomic E-state index is 0.221. The Morgan fingerprint density at radius 2 is 2.38 bits per heavy atom. The first-order chi connectivity index (χ1) is 6.34. The summed E-state index contributed by atoms with van der Waals surface area (Å²) in [6.45, 7) is 0.578. The van der Waals surface area contributed by atoms with Crippen molar-refractivity contribution in [1.29, 1.82) is 0 Å². The zero-order valence-corrected chi connectivity index (χ0v) is 6.87. The van der Waals surface area contributed by atoms with Crippen LogP contribution in [0.5, 0.6) is 0 Å². The molecule has 0 atom stereocenters. The molecule has 0 saturated carbocycles. The maximum absolute atomic E-state index is 12.8. The standard InChI is InChI=1S/C10H7FN2/c11-10-3-1-2-9(6-10)7-13-5-4-12-8-13/h1-3,6,8H,7H2. The molecule has 0 bridgehead atoms. The van der Waals surface area contributed by atoms with E-state index < -0.39 is 0 Å². The van der Waals surface area contributed by atoms with E-state index in [1.807, 2.05) is 6.07 Å². The Balaban J connectivity index is 2.19. The Bertz CT molecular complexity index is 382. The Morgan fingerprint density at radius 3 is 3.08 bits per heavy atom. The predicted octanol–water partition coefficient (Wildman–Crippen LogP) is 1.67. The highest BCUT2D eigenvalue weighted by atomic mass is 19.1. The molecular formula is C10H7FN2. The predicted molar refractivity (Wildman–Crippen MR) is 45.4 cm³/mol. The van der Waals surface area contributed by atoms with E-state index in [0.29, 0.717) is 6.54 Å². The molecule has 1 aromatic heterocycles. The molecule has 3 heteroatoms. The molecule has 0 aliphatic carbocycles. The summed E-state index contributed by atoms with van der Waals surface area (Å²) in [7, 11) is 0. The van der Waals surface area contributed by atoms with Gasteiger partial charge in [0.2, 0.25) is 0 Å². The van der Waals surface area contributed by atoms with Crippen LogP contribution in [0.25, 0.3) is 0 Å². The van der Waals surface area contributed by atoms with Crippen molar-refractivity contribution in [3.63, 3.8) is 0 Å². The zero-order valence-electron chi connectivity index (χ0n) is 6.87. The van der Waals surface area contributed by atoms with Gasteiger partial charge >= 0.3 is 0 Å². The molecule has 0 radical (unpaired) electrons. The highest BCUT2D eigenvalue weighted by molar-refractivity contribution is 5.16. The Hall–Kier alpha value is -1.82. The minimum Gasteiger partial charge on any atom is -0.285 e. The maximum atomic E-state index is 12.8. The number of hydrogen-bond donors (Lipinski definition) is 0. The van der Waals surface area contributed by atoms with Gasteiger partial charge in [-0.1, -0.05) is 12.1 Å². The van der Waals surface area contributed by atoms with E-state index in [1.54, 1.807) is 17.0 Å². The molecule has 0 N–H and O–H groups in total. The lowest BCUT2D eigenvalue weighted by molar-refractivity contribution is 0.623. The molecular weight excluding hydrogens is 167 g/mol. The topological polar surface area (TPSA) is 17.8 Å². The molecule has 64 valence electrons. The van der Waals surface area contributed by atoms with Crippen molar-refractivity contribution in [2.75, 3.05) is 0 Å². The first kappa shape index (κ1) is 7.81. The van der Waals surface area contributed by atoms with Crippen LogP contribution in [0.15, 0.2) is 30.6 Å². The van der Waals surface area contributed by atoms with E-state index in [4.69, 9.17) is 0 Å². The number of halogens is 1. The lowest BCUT2D eigenvalue weighted by Gasteiger charge is -1.99. The third kappa shape index (κ3) is 1.85. The van der Waals surface area contributed by atoms with Gasteiger partial charge in [0.25, 0.3) is 0 Å². The van der Waals surface area contributed by atoms with Gasteiger partial charge < -0.3 is 0 Å². The van der Waals surface area contributed by atoms with Gasteiger partial charge in [-0.25, -0.2) is 4.39 Å². The summed E-state index contributed by atoms with van der Waals surface area (Å²) in [4.78, 5) is 3.73. The van der Waals surface area contributed by atoms with Gasteiger partial charge in [0, 0.05) is 6.20 Å². The average Bonchev–Trinajstić information content (AvgIpc) is 2.57. The van der Waals surface area contributed by atoms with Crippen LogP contribution in [-0.4, -0.2) is 9.55 Å². The molecule has 2 rings (SSSR count). The first-order valence-corrected chi connectivity index (χ1v) is 3.89. The highest BCUT2D eigenvalue weighted by Crippen LogP contribution is 2.04. The normalized spacial score (nSPS) is 9.62. The van der Waals surface area contributed by atoms with E-state index >= 15 is 0 Å². The fourth-order valence-electron chi connectivity index (χ4n) is 1.13. The summed E-state index contributed by atoms with van der Waals surface area (Å²) in [5, 5.41) is 0. The summed E-state index contributed by atoms with van der Waals surface area (Å²) in [5.41, 5.74) is 0.891. The monoisotopic (exact) mass is 174 g/mol. The summed E-state index contributed by atoms with van der Waals surface area (Å²) in [5.74, 6) is -0.221. The number of benzene rings is 1. The van der Waals surface area contributed by atoms with E-state index in [1.165, 1.54) is 12.1 Å². The molecule has 1 aromatic carbocycles. The molecule has 2 nitrogen and oxygen atoms in total. The van der Waals surface area contributed by atoms with Gasteiger partial charge in [-0.3, -0.25) is 4.57 Å². The number of nitrogens with zero attached hydrogens (tertiary/aromatic N) is 2. The lowest BCUT2D eigenvalue weighted by Crippen LogP contribution is -1.96. The fourth-order valence-corrected chi connectivity index (χ4v) is 1.13. The molecule has 0 aliphatic rings. The van der Waals surface area contributed by atoms with E-state index in [9.17, 15) is 4.39 Å². The second-order valence-corrected chi connectivity index (χ2v) is 2.73. The molecule has 13 heavy (non-hydrogen) atoms. The van der Waals surface area contributed by atoms with Crippen molar-refractivity contribution in [3.05, 3.63) is 54.4 Å². The Labute approximate surface area is 75.7 Å². The SMILES string of the molecule is Fc1cccc(Cn2c#cnc2)c1. The Kier molecular flexibility index (Phi) is 1.97. The average molecular weight is 174 g/mol. The van der Waals surface area contributed by atoms with Crippen LogP contribution in [0, 0.1) is 18.2 Å². The van der Waals surface area contributed by atoms with Crippen molar-refractivity contribution >= 4 is 0 Å². The molecule has 2 aromatic rings. The minimum atomic E-state index is -0.221. The third-order valence-electron chi connectivity index (χ3n) is 1.70. The highest BCUT2D eigenvalue weighted by Gasteiger charge is 1.95. The van der Waals surface area contributed by atoms with Crippen molar-refractivity contribution in [3.8, 4) is 0 Å². The summed E-state index contributed by atoms with van der Waals surface area (Å²) < 4.78 is 14.5. The van der Waals surface area contributed by atoms with Crippen LogP contribution in [0.3, 0.4) is 0 Å². The van der Waals surface area contributed by atoms with Gasteiger partial charge in [-0.15, -0.1) is 0 Å². The number of hydrogen-bond acceptors (Lipinski definition) is 1. The summed E-state index contributed by atoms with van der Waals surface area (Å²) in [6, 6.07) is 6.46. The van der Waals surface area contributed by atoms with Gasteiger partial charge in [-0.05, 0) is 17.7 Å². The zero-order chi connectivity index (χ0) is 9.10. The van der Waals surface area contributed by atoms with Gasteiger partial charge in [0.05, 0.1) is 12.7 Å². The maximum Gasteiger partial charge on any atom is 0.123 e. The van der Waals surface area contributed by atoms with Crippen LogP contribution in [0.1, 0.15) is 5.56 Å². The van der Waals surface area contributed by atoms with Crippen molar-refractivity contribution in [2.24, 2.45) is 0 Å². The van der Waals surface area contributed by atoms with E-state index in [2.05, 4.69) is 17.4 Å². The quantitative estimate of drug-likeness (QED) is 0.677. The van der Waals surface area contributed by atoms with Crippen LogP contribution in [0.2, 0.25) is 0 Å².